The minimum atomic E-state index is 0.700. The van der Waals surface area contributed by atoms with Gasteiger partial charge in [0.05, 0.1) is 0 Å². The molecular weight excluding hydrogens is 128 g/mol. The average Bonchev–Trinajstić information content (AvgIpc) is 1.90. The molecule has 1 heterocycles. The monoisotopic (exact) mass is 144 g/mol. The van der Waals surface area contributed by atoms with E-state index in [1.54, 1.807) is 0 Å². The standard InChI is InChI=1S/C8H16S/c1-3-8(2)4-6-9-7-5-8/h3-7H2,1-2H3. The Morgan fingerprint density at radius 3 is 2.22 bits per heavy atom. The zero-order chi connectivity index (χ0) is 6.74. The number of thioether (sulfide) groups is 1. The number of hydrogen-bond acceptors (Lipinski definition) is 1. The van der Waals surface area contributed by atoms with Gasteiger partial charge in [-0.25, -0.2) is 0 Å². The molecule has 1 aliphatic rings. The third-order valence-corrected chi connectivity index (χ3v) is 3.54. The molecule has 1 aliphatic heterocycles. The molecule has 1 saturated heterocycles. The third kappa shape index (κ3) is 1.89. The van der Waals surface area contributed by atoms with Crippen LogP contribution < -0.4 is 0 Å². The van der Waals surface area contributed by atoms with E-state index in [2.05, 4.69) is 25.6 Å². The summed E-state index contributed by atoms with van der Waals surface area (Å²) in [6, 6.07) is 0. The maximum atomic E-state index is 2.42. The van der Waals surface area contributed by atoms with Crippen molar-refractivity contribution in [3.63, 3.8) is 0 Å². The summed E-state index contributed by atoms with van der Waals surface area (Å²) < 4.78 is 0. The molecule has 0 N–H and O–H groups in total. The Morgan fingerprint density at radius 2 is 1.89 bits per heavy atom. The van der Waals surface area contributed by atoms with Crippen molar-refractivity contribution in [2.75, 3.05) is 11.5 Å². The molecule has 0 amide bonds. The van der Waals surface area contributed by atoms with E-state index >= 15 is 0 Å². The number of hydrogen-bond donors (Lipinski definition) is 0. The van der Waals surface area contributed by atoms with Crippen LogP contribution in [0, 0.1) is 5.41 Å². The fourth-order valence-electron chi connectivity index (χ4n) is 1.22. The van der Waals surface area contributed by atoms with Gasteiger partial charge < -0.3 is 0 Å². The third-order valence-electron chi connectivity index (χ3n) is 2.55. The van der Waals surface area contributed by atoms with Crippen LogP contribution in [0.3, 0.4) is 0 Å². The predicted molar refractivity (Wildman–Crippen MR) is 45.0 cm³/mol. The molecule has 0 aromatic heterocycles. The molecule has 1 heteroatoms. The first-order valence-corrected chi connectivity index (χ1v) is 5.00. The van der Waals surface area contributed by atoms with Gasteiger partial charge in [-0.15, -0.1) is 0 Å². The van der Waals surface area contributed by atoms with Crippen molar-refractivity contribution < 1.29 is 0 Å². The van der Waals surface area contributed by atoms with E-state index in [-0.39, 0.29) is 0 Å². The molecule has 9 heavy (non-hydrogen) atoms. The second kappa shape index (κ2) is 2.96. The minimum Gasteiger partial charge on any atom is -0.162 e. The van der Waals surface area contributed by atoms with Gasteiger partial charge in [-0.3, -0.25) is 0 Å². The van der Waals surface area contributed by atoms with Crippen molar-refractivity contribution in [3.8, 4) is 0 Å². The summed E-state index contributed by atoms with van der Waals surface area (Å²) in [6.45, 7) is 4.74. The molecule has 0 aromatic carbocycles. The summed E-state index contributed by atoms with van der Waals surface area (Å²) in [6.07, 6.45) is 4.25. The lowest BCUT2D eigenvalue weighted by Crippen LogP contribution is -2.21. The maximum Gasteiger partial charge on any atom is -0.00623 e. The Labute approximate surface area is 62.4 Å². The molecule has 0 radical (unpaired) electrons. The van der Waals surface area contributed by atoms with Gasteiger partial charge in [-0.1, -0.05) is 20.3 Å². The molecule has 0 nitrogen and oxygen atoms in total. The van der Waals surface area contributed by atoms with Gasteiger partial charge in [0.25, 0.3) is 0 Å². The van der Waals surface area contributed by atoms with Crippen molar-refractivity contribution in [1.29, 1.82) is 0 Å². The van der Waals surface area contributed by atoms with Gasteiger partial charge >= 0.3 is 0 Å². The van der Waals surface area contributed by atoms with Gasteiger partial charge in [-0.2, -0.15) is 11.8 Å². The lowest BCUT2D eigenvalue weighted by molar-refractivity contribution is 0.285. The Balaban J connectivity index is 2.37. The molecule has 1 rings (SSSR count). The molecule has 0 aliphatic carbocycles. The van der Waals surface area contributed by atoms with Gasteiger partial charge in [0, 0.05) is 0 Å². The Kier molecular flexibility index (Phi) is 2.45. The zero-order valence-corrected chi connectivity index (χ0v) is 7.26. The van der Waals surface area contributed by atoms with Crippen LogP contribution in [-0.4, -0.2) is 11.5 Å². The van der Waals surface area contributed by atoms with Crippen molar-refractivity contribution in [2.45, 2.75) is 33.1 Å². The van der Waals surface area contributed by atoms with E-state index in [0.29, 0.717) is 5.41 Å². The van der Waals surface area contributed by atoms with Crippen LogP contribution in [0.2, 0.25) is 0 Å². The van der Waals surface area contributed by atoms with E-state index in [1.165, 1.54) is 30.8 Å². The molecule has 0 atom stereocenters. The SMILES string of the molecule is CCC1(C)CCSCC1. The van der Waals surface area contributed by atoms with E-state index in [4.69, 9.17) is 0 Å². The second-order valence-electron chi connectivity index (χ2n) is 3.28. The fraction of sp³-hybridized carbons (Fsp3) is 1.00. The predicted octanol–water partition coefficient (Wildman–Crippen LogP) is 2.93. The maximum absolute atomic E-state index is 2.42. The van der Waals surface area contributed by atoms with Crippen LogP contribution in [-0.2, 0) is 0 Å². The lowest BCUT2D eigenvalue weighted by Gasteiger charge is -2.31. The summed E-state index contributed by atoms with van der Waals surface area (Å²) in [5.41, 5.74) is 0.700. The van der Waals surface area contributed by atoms with Gasteiger partial charge in [0.15, 0.2) is 0 Å². The highest BCUT2D eigenvalue weighted by molar-refractivity contribution is 7.99. The zero-order valence-electron chi connectivity index (χ0n) is 6.44. The summed E-state index contributed by atoms with van der Waals surface area (Å²) in [4.78, 5) is 0. The highest BCUT2D eigenvalue weighted by Gasteiger charge is 2.24. The van der Waals surface area contributed by atoms with Crippen LogP contribution >= 0.6 is 11.8 Å². The quantitative estimate of drug-likeness (QED) is 0.545. The molecular formula is C8H16S. The number of rotatable bonds is 1. The summed E-state index contributed by atoms with van der Waals surface area (Å²) >= 11 is 2.11. The van der Waals surface area contributed by atoms with Crippen molar-refractivity contribution in [2.24, 2.45) is 5.41 Å². The first-order chi connectivity index (χ1) is 4.27. The summed E-state index contributed by atoms with van der Waals surface area (Å²) in [5, 5.41) is 0. The van der Waals surface area contributed by atoms with E-state index in [0.717, 1.165) is 0 Å². The minimum absolute atomic E-state index is 0.700. The largest absolute Gasteiger partial charge is 0.162 e. The molecule has 0 unspecified atom stereocenters. The smallest absolute Gasteiger partial charge is 0.00623 e. The Hall–Kier alpha value is 0.350. The Morgan fingerprint density at radius 1 is 1.33 bits per heavy atom. The van der Waals surface area contributed by atoms with Crippen molar-refractivity contribution in [1.82, 2.24) is 0 Å². The van der Waals surface area contributed by atoms with E-state index < -0.39 is 0 Å². The van der Waals surface area contributed by atoms with E-state index in [1.807, 2.05) is 0 Å². The van der Waals surface area contributed by atoms with Crippen LogP contribution in [0.15, 0.2) is 0 Å². The molecule has 0 aromatic rings. The van der Waals surface area contributed by atoms with Crippen LogP contribution in [0.4, 0.5) is 0 Å². The molecule has 1 fully saturated rings. The van der Waals surface area contributed by atoms with Gasteiger partial charge in [-0.05, 0) is 29.8 Å². The van der Waals surface area contributed by atoms with Crippen LogP contribution in [0.25, 0.3) is 0 Å². The lowest BCUT2D eigenvalue weighted by atomic mass is 9.82. The topological polar surface area (TPSA) is 0 Å². The molecule has 0 bridgehead atoms. The highest BCUT2D eigenvalue weighted by Crippen LogP contribution is 2.36. The molecule has 0 saturated carbocycles. The Bertz CT molecular complexity index is 82.6. The normalized spacial score (nSPS) is 26.0. The summed E-state index contributed by atoms with van der Waals surface area (Å²) in [7, 11) is 0. The van der Waals surface area contributed by atoms with Gasteiger partial charge in [0.1, 0.15) is 0 Å². The molecule has 54 valence electrons. The van der Waals surface area contributed by atoms with E-state index in [9.17, 15) is 0 Å². The van der Waals surface area contributed by atoms with Crippen molar-refractivity contribution >= 4 is 11.8 Å². The summed E-state index contributed by atoms with van der Waals surface area (Å²) in [5.74, 6) is 2.79. The fourth-order valence-corrected chi connectivity index (χ4v) is 2.70. The second-order valence-corrected chi connectivity index (χ2v) is 4.50. The first kappa shape index (κ1) is 7.46. The van der Waals surface area contributed by atoms with Gasteiger partial charge in [0.2, 0.25) is 0 Å². The average molecular weight is 144 g/mol. The first-order valence-electron chi connectivity index (χ1n) is 3.85. The van der Waals surface area contributed by atoms with Crippen molar-refractivity contribution in [3.05, 3.63) is 0 Å². The molecule has 0 spiro atoms. The van der Waals surface area contributed by atoms with Crippen LogP contribution in [0.1, 0.15) is 33.1 Å². The highest BCUT2D eigenvalue weighted by atomic mass is 32.2. The van der Waals surface area contributed by atoms with Crippen LogP contribution in [0.5, 0.6) is 0 Å².